The third-order valence-corrected chi connectivity index (χ3v) is 7.22. The second-order valence-corrected chi connectivity index (χ2v) is 10.1. The van der Waals surface area contributed by atoms with E-state index in [0.717, 1.165) is 18.3 Å². The third kappa shape index (κ3) is 7.09. The number of pyridine rings is 1. The van der Waals surface area contributed by atoms with Crippen molar-refractivity contribution in [3.05, 3.63) is 86.1 Å². The fourth-order valence-electron chi connectivity index (χ4n) is 4.99. The van der Waals surface area contributed by atoms with Gasteiger partial charge in [0.1, 0.15) is 17.5 Å². The number of rotatable bonds is 9. The summed E-state index contributed by atoms with van der Waals surface area (Å²) in [5.41, 5.74) is 5.86. The quantitative estimate of drug-likeness (QED) is 0.0940. The summed E-state index contributed by atoms with van der Waals surface area (Å²) >= 11 is 6.10. The number of carbonyl (C=O) groups is 3. The first-order chi connectivity index (χ1) is 20.3. The number of ketones is 1. The van der Waals surface area contributed by atoms with Gasteiger partial charge in [-0.15, -0.1) is 0 Å². The van der Waals surface area contributed by atoms with Crippen molar-refractivity contribution >= 4 is 35.1 Å². The van der Waals surface area contributed by atoms with Crippen molar-refractivity contribution in [2.75, 3.05) is 6.54 Å². The van der Waals surface area contributed by atoms with Gasteiger partial charge < -0.3 is 10.0 Å². The minimum atomic E-state index is -5.10. The van der Waals surface area contributed by atoms with Crippen LogP contribution in [0.25, 0.3) is 10.4 Å². The number of benzene rings is 1. The van der Waals surface area contributed by atoms with Gasteiger partial charge in [-0.05, 0) is 60.1 Å². The summed E-state index contributed by atoms with van der Waals surface area (Å²) in [7, 11) is 0. The van der Waals surface area contributed by atoms with Crippen LogP contribution in [0.4, 0.5) is 27.8 Å². The van der Waals surface area contributed by atoms with Gasteiger partial charge >= 0.3 is 12.1 Å². The second-order valence-electron chi connectivity index (χ2n) is 9.74. The van der Waals surface area contributed by atoms with Crippen LogP contribution in [0.3, 0.4) is 0 Å². The molecule has 1 saturated carbocycles. The summed E-state index contributed by atoms with van der Waals surface area (Å²) < 4.78 is 71.8. The summed E-state index contributed by atoms with van der Waals surface area (Å²) in [5, 5.41) is 16.1. The lowest BCUT2D eigenvalue weighted by Crippen LogP contribution is -2.37. The van der Waals surface area contributed by atoms with Gasteiger partial charge in [-0.2, -0.15) is 18.3 Å². The Morgan fingerprint density at radius 2 is 1.79 bits per heavy atom. The predicted molar refractivity (Wildman–Crippen MR) is 139 cm³/mol. The smallest absolute Gasteiger partial charge is 0.433 e. The number of aliphatic carboxylic acids is 1. The first-order valence-electron chi connectivity index (χ1n) is 12.6. The number of aromatic nitrogens is 3. The van der Waals surface area contributed by atoms with Gasteiger partial charge in [-0.1, -0.05) is 11.6 Å². The fraction of sp³-hybridized carbons (Fsp3) is 0.346. The largest absolute Gasteiger partial charge is 0.481 e. The number of alkyl halides is 3. The van der Waals surface area contributed by atoms with Gasteiger partial charge in [0.15, 0.2) is 11.5 Å². The molecule has 0 saturated heterocycles. The first-order valence-corrected chi connectivity index (χ1v) is 13.0. The number of amides is 1. The molecule has 1 aliphatic rings. The summed E-state index contributed by atoms with van der Waals surface area (Å²) in [5.74, 6) is -6.63. The van der Waals surface area contributed by atoms with Crippen LogP contribution in [0.2, 0.25) is 5.02 Å². The Morgan fingerprint density at radius 1 is 1.14 bits per heavy atom. The summed E-state index contributed by atoms with van der Waals surface area (Å²) in [6.07, 6.45) is -2.97. The second kappa shape index (κ2) is 12.8. The van der Waals surface area contributed by atoms with Crippen molar-refractivity contribution in [3.63, 3.8) is 0 Å². The van der Waals surface area contributed by atoms with Crippen LogP contribution in [0.15, 0.2) is 41.8 Å². The molecule has 226 valence electrons. The molecular weight excluding hydrogens is 605 g/mol. The Kier molecular flexibility index (Phi) is 9.30. The van der Waals surface area contributed by atoms with Crippen LogP contribution >= 0.6 is 11.6 Å². The maximum atomic E-state index is 14.4. The maximum Gasteiger partial charge on any atom is 0.433 e. The molecule has 0 unspecified atom stereocenters. The normalized spacial score (nSPS) is 16.8. The van der Waals surface area contributed by atoms with Crippen molar-refractivity contribution in [2.24, 2.45) is 11.0 Å². The summed E-state index contributed by atoms with van der Waals surface area (Å²) in [6, 6.07) is 2.55. The number of hydrogen-bond donors (Lipinski definition) is 1. The standard InChI is InChI=1S/C26H21ClF5N7O4/c27-19-5-6-34-23(36-37-33)21(19)20(40)12-38(11-13-7-15(28)9-16(29)8-13)24(41)18-10-35-39(22(18)26(30,31)32)17-3-1-14(2-4-17)25(42)43/h5-10,14,17H,1-4,11-12H2,(H,42,43). The molecule has 1 aromatic carbocycles. The highest BCUT2D eigenvalue weighted by molar-refractivity contribution is 6.34. The van der Waals surface area contributed by atoms with Crippen LogP contribution in [-0.4, -0.2) is 49.0 Å². The van der Waals surface area contributed by atoms with Crippen LogP contribution in [-0.2, 0) is 17.5 Å². The third-order valence-electron chi connectivity index (χ3n) is 6.90. The van der Waals surface area contributed by atoms with E-state index in [9.17, 15) is 41.4 Å². The molecule has 0 bridgehead atoms. The lowest BCUT2D eigenvalue weighted by molar-refractivity contribution is -0.147. The minimum absolute atomic E-state index is 0.0574. The molecule has 0 aliphatic heterocycles. The van der Waals surface area contributed by atoms with E-state index in [1.807, 2.05) is 0 Å². The summed E-state index contributed by atoms with van der Waals surface area (Å²) in [6.45, 7) is -1.66. The average Bonchev–Trinajstić information content (AvgIpc) is 3.38. The van der Waals surface area contributed by atoms with Gasteiger partial charge in [0.25, 0.3) is 5.91 Å². The Balaban J connectivity index is 1.75. The molecule has 0 radical (unpaired) electrons. The Hall–Kier alpha value is -4.56. The lowest BCUT2D eigenvalue weighted by Gasteiger charge is -2.28. The summed E-state index contributed by atoms with van der Waals surface area (Å²) in [4.78, 5) is 45.3. The van der Waals surface area contributed by atoms with E-state index in [0.29, 0.717) is 21.8 Å². The molecule has 2 heterocycles. The van der Waals surface area contributed by atoms with E-state index in [1.165, 1.54) is 6.07 Å². The number of carboxylic acids is 1. The zero-order valence-electron chi connectivity index (χ0n) is 21.9. The molecule has 4 rings (SSSR count). The monoisotopic (exact) mass is 625 g/mol. The molecule has 1 amide bonds. The molecule has 3 aromatic rings. The van der Waals surface area contributed by atoms with E-state index in [1.54, 1.807) is 0 Å². The van der Waals surface area contributed by atoms with Crippen LogP contribution in [0.1, 0.15) is 63.7 Å². The number of Topliss-reactive ketones (excluding diaryl/α,β-unsaturated/α-hetero) is 1. The molecule has 1 aliphatic carbocycles. The number of halogens is 6. The highest BCUT2D eigenvalue weighted by Gasteiger charge is 2.43. The minimum Gasteiger partial charge on any atom is -0.481 e. The van der Waals surface area contributed by atoms with Crippen molar-refractivity contribution in [3.8, 4) is 0 Å². The number of hydrogen-bond acceptors (Lipinski definition) is 6. The molecule has 2 aromatic heterocycles. The molecule has 11 nitrogen and oxygen atoms in total. The van der Waals surface area contributed by atoms with E-state index in [2.05, 4.69) is 20.1 Å². The molecule has 43 heavy (non-hydrogen) atoms. The highest BCUT2D eigenvalue weighted by atomic mass is 35.5. The SMILES string of the molecule is [N-]=[N+]=Nc1nccc(Cl)c1C(=O)CN(Cc1cc(F)cc(F)c1)C(=O)c1cnn(C2CCC(C(=O)O)CC2)c1C(F)(F)F. The molecule has 1 N–H and O–H groups in total. The van der Waals surface area contributed by atoms with Crippen LogP contribution in [0, 0.1) is 17.6 Å². The van der Waals surface area contributed by atoms with E-state index in [-0.39, 0.29) is 36.3 Å². The van der Waals surface area contributed by atoms with E-state index in [4.69, 9.17) is 17.1 Å². The topological polar surface area (TPSA) is 154 Å². The van der Waals surface area contributed by atoms with Crippen LogP contribution in [0.5, 0.6) is 0 Å². The fourth-order valence-corrected chi connectivity index (χ4v) is 5.24. The Morgan fingerprint density at radius 3 is 2.37 bits per heavy atom. The predicted octanol–water partition coefficient (Wildman–Crippen LogP) is 6.51. The van der Waals surface area contributed by atoms with Gasteiger partial charge in [0.05, 0.1) is 40.9 Å². The van der Waals surface area contributed by atoms with Gasteiger partial charge in [0, 0.05) is 23.7 Å². The Bertz CT molecular complexity index is 1600. The molecular formula is C26H21ClF5N7O4. The molecule has 0 atom stereocenters. The van der Waals surface area contributed by atoms with Gasteiger partial charge in [-0.25, -0.2) is 8.78 Å². The van der Waals surface area contributed by atoms with Gasteiger partial charge in [0.2, 0.25) is 0 Å². The number of carbonyl (C=O) groups excluding carboxylic acids is 2. The lowest BCUT2D eigenvalue weighted by atomic mass is 9.86. The molecule has 17 heteroatoms. The van der Waals surface area contributed by atoms with Crippen LogP contribution < -0.4 is 0 Å². The highest BCUT2D eigenvalue weighted by Crippen LogP contribution is 2.39. The van der Waals surface area contributed by atoms with E-state index < -0.39 is 83.2 Å². The maximum absolute atomic E-state index is 14.4. The molecule has 0 spiro atoms. The number of azide groups is 1. The number of nitrogens with zero attached hydrogens (tertiary/aromatic N) is 7. The Labute approximate surface area is 244 Å². The zero-order chi connectivity index (χ0) is 31.5. The van der Waals surface area contributed by atoms with Crippen molar-refractivity contribution in [1.82, 2.24) is 19.7 Å². The first kappa shape index (κ1) is 31.4. The van der Waals surface area contributed by atoms with Crippen molar-refractivity contribution < 1.29 is 41.4 Å². The average molecular weight is 626 g/mol. The van der Waals surface area contributed by atoms with Gasteiger partial charge in [-0.3, -0.25) is 24.0 Å². The van der Waals surface area contributed by atoms with Crippen molar-refractivity contribution in [1.29, 1.82) is 0 Å². The number of carboxylic acid groups (broad SMARTS) is 1. The molecule has 1 fully saturated rings. The van der Waals surface area contributed by atoms with Crippen molar-refractivity contribution in [2.45, 2.75) is 44.4 Å². The van der Waals surface area contributed by atoms with E-state index >= 15 is 0 Å². The zero-order valence-corrected chi connectivity index (χ0v) is 22.7.